The van der Waals surface area contributed by atoms with E-state index in [4.69, 9.17) is 21.1 Å². The Morgan fingerprint density at radius 2 is 1.95 bits per heavy atom. The van der Waals surface area contributed by atoms with E-state index in [1.165, 1.54) is 0 Å². The van der Waals surface area contributed by atoms with Gasteiger partial charge < -0.3 is 9.47 Å². The van der Waals surface area contributed by atoms with Crippen molar-refractivity contribution in [2.24, 2.45) is 0 Å². The van der Waals surface area contributed by atoms with Crippen LogP contribution in [-0.4, -0.2) is 22.3 Å². The molecule has 1 atom stereocenters. The van der Waals surface area contributed by atoms with E-state index in [2.05, 4.69) is 4.98 Å². The highest BCUT2D eigenvalue weighted by atomic mass is 35.5. The average Bonchev–Trinajstić information content (AvgIpc) is 2.50. The van der Waals surface area contributed by atoms with Gasteiger partial charge in [-0.3, -0.25) is 14.9 Å². The number of hydrogen-bond donors (Lipinski definition) is 0. The van der Waals surface area contributed by atoms with Gasteiger partial charge in [0.2, 0.25) is 5.88 Å². The third kappa shape index (κ3) is 3.92. The summed E-state index contributed by atoms with van der Waals surface area (Å²) in [5.41, 5.74) is -0.219. The lowest BCUT2D eigenvalue weighted by Gasteiger charge is -2.10. The molecule has 0 aliphatic carbocycles. The van der Waals surface area contributed by atoms with Gasteiger partial charge in [-0.05, 0) is 31.2 Å². The third-order valence-corrected chi connectivity index (χ3v) is 2.83. The zero-order chi connectivity index (χ0) is 16.1. The van der Waals surface area contributed by atoms with Crippen LogP contribution < -0.4 is 9.47 Å². The fourth-order valence-electron chi connectivity index (χ4n) is 1.53. The number of nitrogens with zero attached hydrogens (tertiary/aromatic N) is 2. The summed E-state index contributed by atoms with van der Waals surface area (Å²) in [5, 5.41) is 10.6. The van der Waals surface area contributed by atoms with Gasteiger partial charge in [0.05, 0.1) is 4.92 Å². The molecule has 7 nitrogen and oxygen atoms in total. The van der Waals surface area contributed by atoms with E-state index >= 15 is 0 Å². The molecule has 1 aromatic heterocycles. The molecular formula is C14H11ClN2O5. The van der Waals surface area contributed by atoms with E-state index in [1.807, 2.05) is 0 Å². The lowest BCUT2D eigenvalue weighted by molar-refractivity contribution is -0.385. The first-order valence-electron chi connectivity index (χ1n) is 6.19. The Bertz CT molecular complexity index is 690. The van der Waals surface area contributed by atoms with Crippen LogP contribution in [0.2, 0.25) is 5.02 Å². The maximum Gasteiger partial charge on any atom is 0.289 e. The van der Waals surface area contributed by atoms with Crippen LogP contribution in [0.25, 0.3) is 0 Å². The van der Waals surface area contributed by atoms with Crippen LogP contribution in [0.1, 0.15) is 6.92 Å². The molecule has 1 aromatic carbocycles. The zero-order valence-electron chi connectivity index (χ0n) is 11.4. The second kappa shape index (κ2) is 6.86. The van der Waals surface area contributed by atoms with E-state index in [1.54, 1.807) is 31.2 Å². The van der Waals surface area contributed by atoms with Gasteiger partial charge in [-0.25, -0.2) is 4.98 Å². The van der Waals surface area contributed by atoms with Crippen LogP contribution in [0.5, 0.6) is 17.4 Å². The summed E-state index contributed by atoms with van der Waals surface area (Å²) in [6.07, 6.45) is 1.20. The van der Waals surface area contributed by atoms with Crippen LogP contribution >= 0.6 is 11.6 Å². The Hall–Kier alpha value is -2.67. The Kier molecular flexibility index (Phi) is 4.90. The number of pyridine rings is 1. The van der Waals surface area contributed by atoms with E-state index < -0.39 is 11.0 Å². The topological polar surface area (TPSA) is 91.6 Å². The largest absolute Gasteiger partial charge is 0.483 e. The molecule has 0 radical (unpaired) electrons. The molecule has 0 aliphatic rings. The van der Waals surface area contributed by atoms with Crippen molar-refractivity contribution < 1.29 is 19.2 Å². The summed E-state index contributed by atoms with van der Waals surface area (Å²) >= 11 is 5.89. The summed E-state index contributed by atoms with van der Waals surface area (Å²) in [6, 6.07) is 7.61. The average molecular weight is 323 g/mol. The second-order valence-corrected chi connectivity index (χ2v) is 4.68. The predicted molar refractivity (Wildman–Crippen MR) is 78.6 cm³/mol. The molecule has 0 N–H and O–H groups in total. The number of ether oxygens (including phenoxy) is 2. The minimum atomic E-state index is -0.594. The number of benzene rings is 1. The number of aromatic nitrogens is 1. The van der Waals surface area contributed by atoms with Gasteiger partial charge in [0.15, 0.2) is 12.4 Å². The quantitative estimate of drug-likeness (QED) is 0.460. The molecule has 8 heteroatoms. The molecule has 0 saturated heterocycles. The smallest absolute Gasteiger partial charge is 0.289 e. The van der Waals surface area contributed by atoms with Gasteiger partial charge in [0.1, 0.15) is 22.7 Å². The number of nitro groups is 1. The molecule has 1 heterocycles. The third-order valence-electron chi connectivity index (χ3n) is 2.56. The van der Waals surface area contributed by atoms with Crippen molar-refractivity contribution >= 4 is 23.6 Å². The summed E-state index contributed by atoms with van der Waals surface area (Å²) < 4.78 is 10.7. The number of rotatable bonds is 6. The highest BCUT2D eigenvalue weighted by Crippen LogP contribution is 2.30. The molecule has 0 fully saturated rings. The van der Waals surface area contributed by atoms with Crippen molar-refractivity contribution in [3.05, 3.63) is 51.7 Å². The van der Waals surface area contributed by atoms with E-state index in [-0.39, 0.29) is 16.6 Å². The monoisotopic (exact) mass is 322 g/mol. The molecule has 1 unspecified atom stereocenters. The van der Waals surface area contributed by atoms with E-state index in [9.17, 15) is 14.9 Å². The molecule has 22 heavy (non-hydrogen) atoms. The molecule has 2 aromatic rings. The van der Waals surface area contributed by atoms with E-state index in [0.717, 1.165) is 12.3 Å². The van der Waals surface area contributed by atoms with Crippen LogP contribution in [-0.2, 0) is 4.79 Å². The second-order valence-electron chi connectivity index (χ2n) is 4.27. The van der Waals surface area contributed by atoms with Crippen molar-refractivity contribution in [1.29, 1.82) is 0 Å². The molecular weight excluding hydrogens is 312 g/mol. The van der Waals surface area contributed by atoms with Crippen molar-refractivity contribution in [2.45, 2.75) is 13.0 Å². The Balaban J connectivity index is 2.11. The minimum absolute atomic E-state index is 0.0316. The van der Waals surface area contributed by atoms with Crippen molar-refractivity contribution in [2.75, 3.05) is 0 Å². The van der Waals surface area contributed by atoms with Crippen molar-refractivity contribution in [3.63, 3.8) is 0 Å². The number of carbonyl (C=O) groups excluding carboxylic acids is 1. The first kappa shape index (κ1) is 15.7. The summed E-state index contributed by atoms with van der Waals surface area (Å²) in [6.45, 7) is 1.62. The van der Waals surface area contributed by atoms with Gasteiger partial charge in [0, 0.05) is 6.07 Å². The molecule has 0 bridgehead atoms. The predicted octanol–water partition coefficient (Wildman–Crippen LogP) is 3.40. The highest BCUT2D eigenvalue weighted by molar-refractivity contribution is 6.32. The standard InChI is InChI=1S/C14H11ClN2O5/c1-9(8-18)21-11-2-4-12(5-3-11)22-14-13(15)6-10(7-16-14)17(19)20/h2-9H,1H3. The SMILES string of the molecule is CC(C=O)Oc1ccc(Oc2ncc([N+](=O)[O-])cc2Cl)cc1. The van der Waals surface area contributed by atoms with Crippen LogP contribution in [0.4, 0.5) is 5.69 Å². The lowest BCUT2D eigenvalue weighted by atomic mass is 10.3. The summed E-state index contributed by atoms with van der Waals surface area (Å²) in [7, 11) is 0. The maximum absolute atomic E-state index is 10.6. The van der Waals surface area contributed by atoms with Crippen LogP contribution in [0.15, 0.2) is 36.5 Å². The minimum Gasteiger partial charge on any atom is -0.483 e. The van der Waals surface area contributed by atoms with Crippen LogP contribution in [0.3, 0.4) is 0 Å². The number of aldehydes is 1. The lowest BCUT2D eigenvalue weighted by Crippen LogP contribution is -2.12. The first-order chi connectivity index (χ1) is 10.5. The number of carbonyl (C=O) groups is 1. The zero-order valence-corrected chi connectivity index (χ0v) is 12.2. The Morgan fingerprint density at radius 1 is 1.32 bits per heavy atom. The first-order valence-corrected chi connectivity index (χ1v) is 6.57. The molecule has 0 amide bonds. The molecule has 0 saturated carbocycles. The van der Waals surface area contributed by atoms with Gasteiger partial charge >= 0.3 is 0 Å². The summed E-state index contributed by atoms with van der Waals surface area (Å²) in [4.78, 5) is 24.3. The van der Waals surface area contributed by atoms with Crippen molar-refractivity contribution in [1.82, 2.24) is 4.98 Å². The molecule has 2 rings (SSSR count). The molecule has 0 aliphatic heterocycles. The van der Waals surface area contributed by atoms with Gasteiger partial charge in [-0.2, -0.15) is 0 Å². The molecule has 114 valence electrons. The molecule has 0 spiro atoms. The summed E-state index contributed by atoms with van der Waals surface area (Å²) in [5.74, 6) is 0.992. The van der Waals surface area contributed by atoms with Gasteiger partial charge in [0.25, 0.3) is 5.69 Å². The fourth-order valence-corrected chi connectivity index (χ4v) is 1.73. The van der Waals surface area contributed by atoms with Gasteiger partial charge in [-0.1, -0.05) is 11.6 Å². The maximum atomic E-state index is 10.6. The van der Waals surface area contributed by atoms with Gasteiger partial charge in [-0.15, -0.1) is 0 Å². The Labute approximate surface area is 130 Å². The Morgan fingerprint density at radius 3 is 2.50 bits per heavy atom. The number of halogens is 1. The highest BCUT2D eigenvalue weighted by Gasteiger charge is 2.12. The number of hydrogen-bond acceptors (Lipinski definition) is 6. The normalized spacial score (nSPS) is 11.5. The van der Waals surface area contributed by atoms with Crippen LogP contribution in [0, 0.1) is 10.1 Å². The van der Waals surface area contributed by atoms with E-state index in [0.29, 0.717) is 17.8 Å². The fraction of sp³-hybridized carbons (Fsp3) is 0.143. The van der Waals surface area contributed by atoms with Crippen molar-refractivity contribution in [3.8, 4) is 17.4 Å².